The normalized spacial score (nSPS) is 16.8. The molecular formula is C33H43N. The summed E-state index contributed by atoms with van der Waals surface area (Å²) in [5.74, 6) is 0. The lowest BCUT2D eigenvalue weighted by molar-refractivity contribution is 0.403. The Balaban J connectivity index is 1.73. The van der Waals surface area contributed by atoms with Gasteiger partial charge in [0.1, 0.15) is 0 Å². The standard InChI is InChI=1S/C33H43N/c1-5-7-9-16-24-33(23-15-8-6-2)30-20-14-13-19-28(30)29-22-21-27(25-31(29)33)34-32(3,4)26-17-11-10-12-18-26/h10-14,17-22,25,34H,5-9,15-16,23-24H2,1-4H3. The summed E-state index contributed by atoms with van der Waals surface area (Å²) in [4.78, 5) is 0. The molecule has 1 nitrogen and oxygen atoms in total. The first-order valence-corrected chi connectivity index (χ1v) is 13.6. The molecule has 0 saturated heterocycles. The van der Waals surface area contributed by atoms with E-state index in [2.05, 4.69) is 106 Å². The topological polar surface area (TPSA) is 12.0 Å². The molecule has 4 rings (SSSR count). The maximum atomic E-state index is 3.87. The second-order valence-corrected chi connectivity index (χ2v) is 10.8. The molecule has 0 fully saturated rings. The van der Waals surface area contributed by atoms with Gasteiger partial charge in [-0.3, -0.25) is 0 Å². The molecule has 0 bridgehead atoms. The van der Waals surface area contributed by atoms with E-state index in [0.717, 1.165) is 0 Å². The van der Waals surface area contributed by atoms with E-state index in [1.165, 1.54) is 80.2 Å². The van der Waals surface area contributed by atoms with Gasteiger partial charge in [-0.15, -0.1) is 0 Å². The maximum Gasteiger partial charge on any atom is 0.0569 e. The summed E-state index contributed by atoms with van der Waals surface area (Å²) in [6.45, 7) is 9.19. The highest BCUT2D eigenvalue weighted by Crippen LogP contribution is 2.54. The maximum absolute atomic E-state index is 3.87. The van der Waals surface area contributed by atoms with Crippen LogP contribution in [0.4, 0.5) is 5.69 Å². The van der Waals surface area contributed by atoms with Gasteiger partial charge in [-0.25, -0.2) is 0 Å². The largest absolute Gasteiger partial charge is 0.376 e. The summed E-state index contributed by atoms with van der Waals surface area (Å²) >= 11 is 0. The van der Waals surface area contributed by atoms with E-state index in [1.54, 1.807) is 11.1 Å². The van der Waals surface area contributed by atoms with Crippen molar-refractivity contribution < 1.29 is 0 Å². The summed E-state index contributed by atoms with van der Waals surface area (Å²) in [6.07, 6.45) is 11.7. The fourth-order valence-electron chi connectivity index (χ4n) is 6.02. The average molecular weight is 454 g/mol. The van der Waals surface area contributed by atoms with Crippen molar-refractivity contribution in [2.24, 2.45) is 0 Å². The molecule has 0 saturated carbocycles. The third-order valence-electron chi connectivity index (χ3n) is 7.88. The monoisotopic (exact) mass is 453 g/mol. The van der Waals surface area contributed by atoms with Gasteiger partial charge in [-0.2, -0.15) is 0 Å². The zero-order valence-corrected chi connectivity index (χ0v) is 21.8. The Morgan fingerprint density at radius 3 is 2.00 bits per heavy atom. The van der Waals surface area contributed by atoms with Gasteiger partial charge in [0.2, 0.25) is 0 Å². The van der Waals surface area contributed by atoms with Gasteiger partial charge in [0.15, 0.2) is 0 Å². The van der Waals surface area contributed by atoms with Crippen LogP contribution in [0.3, 0.4) is 0 Å². The Hall–Kier alpha value is -2.54. The van der Waals surface area contributed by atoms with Crippen molar-refractivity contribution in [2.75, 3.05) is 5.32 Å². The molecule has 1 atom stereocenters. The van der Waals surface area contributed by atoms with Crippen molar-refractivity contribution >= 4 is 5.69 Å². The van der Waals surface area contributed by atoms with Crippen LogP contribution in [0.2, 0.25) is 0 Å². The van der Waals surface area contributed by atoms with Crippen LogP contribution in [-0.4, -0.2) is 0 Å². The number of rotatable bonds is 12. The van der Waals surface area contributed by atoms with Gasteiger partial charge in [0.05, 0.1) is 5.54 Å². The van der Waals surface area contributed by atoms with Crippen molar-refractivity contribution in [2.45, 2.75) is 96.4 Å². The highest BCUT2D eigenvalue weighted by Gasteiger charge is 2.42. The molecule has 0 amide bonds. The number of hydrogen-bond acceptors (Lipinski definition) is 1. The molecule has 1 heteroatoms. The quantitative estimate of drug-likeness (QED) is 0.269. The van der Waals surface area contributed by atoms with Crippen molar-refractivity contribution in [3.05, 3.63) is 89.5 Å². The predicted molar refractivity (Wildman–Crippen MR) is 149 cm³/mol. The van der Waals surface area contributed by atoms with Crippen LogP contribution in [-0.2, 0) is 11.0 Å². The molecule has 180 valence electrons. The molecule has 0 aliphatic heterocycles. The van der Waals surface area contributed by atoms with E-state index >= 15 is 0 Å². The van der Waals surface area contributed by atoms with Crippen LogP contribution in [0.25, 0.3) is 11.1 Å². The van der Waals surface area contributed by atoms with Crippen LogP contribution >= 0.6 is 0 Å². The van der Waals surface area contributed by atoms with Crippen LogP contribution in [0, 0.1) is 0 Å². The third-order valence-corrected chi connectivity index (χ3v) is 7.88. The molecule has 1 unspecified atom stereocenters. The third kappa shape index (κ3) is 4.95. The van der Waals surface area contributed by atoms with E-state index in [1.807, 2.05) is 0 Å². The molecule has 0 aromatic heterocycles. The van der Waals surface area contributed by atoms with Gasteiger partial charge >= 0.3 is 0 Å². The number of fused-ring (bicyclic) bond motifs is 3. The SMILES string of the molecule is CCCCCCC1(CCCCC)c2ccccc2-c2ccc(NC(C)(C)c3ccccc3)cc21. The molecule has 3 aromatic carbocycles. The minimum atomic E-state index is -0.132. The lowest BCUT2D eigenvalue weighted by Gasteiger charge is -2.34. The van der Waals surface area contributed by atoms with E-state index in [9.17, 15) is 0 Å². The van der Waals surface area contributed by atoms with Gasteiger partial charge in [-0.05, 0) is 66.6 Å². The molecule has 1 aliphatic carbocycles. The summed E-state index contributed by atoms with van der Waals surface area (Å²) in [5, 5.41) is 3.87. The van der Waals surface area contributed by atoms with Gasteiger partial charge in [0, 0.05) is 11.1 Å². The predicted octanol–water partition coefficient (Wildman–Crippen LogP) is 9.85. The summed E-state index contributed by atoms with van der Waals surface area (Å²) in [5.41, 5.74) is 8.58. The van der Waals surface area contributed by atoms with E-state index in [4.69, 9.17) is 0 Å². The smallest absolute Gasteiger partial charge is 0.0569 e. The van der Waals surface area contributed by atoms with Crippen LogP contribution in [0.5, 0.6) is 0 Å². The molecule has 0 heterocycles. The summed E-state index contributed by atoms with van der Waals surface area (Å²) in [7, 11) is 0. The highest BCUT2D eigenvalue weighted by atomic mass is 15.0. The minimum absolute atomic E-state index is 0.132. The zero-order chi connectivity index (χ0) is 24.0. The number of anilines is 1. The van der Waals surface area contributed by atoms with Gasteiger partial charge in [0.25, 0.3) is 0 Å². The molecule has 0 radical (unpaired) electrons. The Morgan fingerprint density at radius 2 is 1.26 bits per heavy atom. The molecular weight excluding hydrogens is 410 g/mol. The van der Waals surface area contributed by atoms with E-state index in [-0.39, 0.29) is 11.0 Å². The van der Waals surface area contributed by atoms with E-state index in [0.29, 0.717) is 0 Å². The molecule has 0 spiro atoms. The van der Waals surface area contributed by atoms with Crippen molar-refractivity contribution in [3.63, 3.8) is 0 Å². The highest BCUT2D eigenvalue weighted by molar-refractivity contribution is 5.82. The minimum Gasteiger partial charge on any atom is -0.376 e. The number of hydrogen-bond donors (Lipinski definition) is 1. The second-order valence-electron chi connectivity index (χ2n) is 10.8. The number of nitrogens with one attached hydrogen (secondary N) is 1. The van der Waals surface area contributed by atoms with Crippen molar-refractivity contribution in [3.8, 4) is 11.1 Å². The average Bonchev–Trinajstić information content (AvgIpc) is 3.12. The van der Waals surface area contributed by atoms with Crippen molar-refractivity contribution in [1.82, 2.24) is 0 Å². The Labute approximate surface area is 208 Å². The lowest BCUT2D eigenvalue weighted by Crippen LogP contribution is -2.29. The zero-order valence-electron chi connectivity index (χ0n) is 21.8. The van der Waals surface area contributed by atoms with Crippen LogP contribution < -0.4 is 5.32 Å². The molecule has 1 aliphatic rings. The number of unbranched alkanes of at least 4 members (excludes halogenated alkanes) is 5. The first-order valence-electron chi connectivity index (χ1n) is 13.6. The first-order chi connectivity index (χ1) is 16.5. The van der Waals surface area contributed by atoms with Gasteiger partial charge < -0.3 is 5.32 Å². The fourth-order valence-corrected chi connectivity index (χ4v) is 6.02. The van der Waals surface area contributed by atoms with Gasteiger partial charge in [-0.1, -0.05) is 119 Å². The molecule has 34 heavy (non-hydrogen) atoms. The van der Waals surface area contributed by atoms with Crippen LogP contribution in [0.1, 0.15) is 102 Å². The Morgan fingerprint density at radius 1 is 0.647 bits per heavy atom. The summed E-state index contributed by atoms with van der Waals surface area (Å²) < 4.78 is 0. The lowest BCUT2D eigenvalue weighted by atomic mass is 9.70. The Bertz CT molecular complexity index is 1060. The van der Waals surface area contributed by atoms with E-state index < -0.39 is 0 Å². The van der Waals surface area contributed by atoms with Crippen LogP contribution in [0.15, 0.2) is 72.8 Å². The number of benzene rings is 3. The first kappa shape index (κ1) is 24.6. The van der Waals surface area contributed by atoms with Crippen molar-refractivity contribution in [1.29, 1.82) is 0 Å². The second kappa shape index (κ2) is 10.8. The fraction of sp³-hybridized carbons (Fsp3) is 0.455. The Kier molecular flexibility index (Phi) is 7.81. The molecule has 1 N–H and O–H groups in total. The summed E-state index contributed by atoms with van der Waals surface area (Å²) in [6, 6.07) is 27.2. The molecule has 3 aromatic rings.